The topological polar surface area (TPSA) is 70.5 Å². The molecule has 7 nitrogen and oxygen atoms in total. The molecular formula is C17H21N5O2. The van der Waals surface area contributed by atoms with Crippen LogP contribution < -0.4 is 5.32 Å². The fraction of sp³-hybridized carbons (Fsp3) is 0.353. The van der Waals surface area contributed by atoms with E-state index in [2.05, 4.69) is 10.4 Å². The molecule has 1 aromatic heterocycles. The molecule has 0 saturated carbocycles. The average molecular weight is 327 g/mol. The van der Waals surface area contributed by atoms with E-state index in [4.69, 9.17) is 0 Å². The normalized spacial score (nSPS) is 14.5. The lowest BCUT2D eigenvalue weighted by Crippen LogP contribution is -2.52. The number of hydrogen-bond acceptors (Lipinski definition) is 3. The number of piperazine rings is 1. The zero-order valence-corrected chi connectivity index (χ0v) is 13.7. The third-order valence-corrected chi connectivity index (χ3v) is 4.17. The van der Waals surface area contributed by atoms with Crippen LogP contribution in [-0.2, 0) is 18.3 Å². The summed E-state index contributed by atoms with van der Waals surface area (Å²) in [4.78, 5) is 28.1. The molecular weight excluding hydrogens is 306 g/mol. The zero-order valence-electron chi connectivity index (χ0n) is 13.7. The van der Waals surface area contributed by atoms with Crippen molar-refractivity contribution < 1.29 is 9.59 Å². The summed E-state index contributed by atoms with van der Waals surface area (Å²) in [6.45, 7) is 2.18. The monoisotopic (exact) mass is 327 g/mol. The van der Waals surface area contributed by atoms with Gasteiger partial charge in [0.1, 0.15) is 5.82 Å². The maximum atomic E-state index is 12.3. The lowest BCUT2D eigenvalue weighted by molar-refractivity contribution is -0.131. The predicted molar refractivity (Wildman–Crippen MR) is 90.5 cm³/mol. The van der Waals surface area contributed by atoms with Crippen LogP contribution in [0.2, 0.25) is 0 Å². The summed E-state index contributed by atoms with van der Waals surface area (Å²) in [7, 11) is 1.77. The number of benzene rings is 1. The number of anilines is 1. The molecule has 0 radical (unpaired) electrons. The Bertz CT molecular complexity index is 705. The minimum Gasteiger partial charge on any atom is -0.339 e. The molecule has 1 N–H and O–H groups in total. The van der Waals surface area contributed by atoms with Crippen LogP contribution in [0.15, 0.2) is 42.6 Å². The lowest BCUT2D eigenvalue weighted by Gasteiger charge is -2.34. The Hall–Kier alpha value is -2.83. The van der Waals surface area contributed by atoms with Crippen molar-refractivity contribution in [1.82, 2.24) is 19.6 Å². The van der Waals surface area contributed by atoms with Gasteiger partial charge in [-0.2, -0.15) is 5.10 Å². The van der Waals surface area contributed by atoms with Crippen LogP contribution in [0.3, 0.4) is 0 Å². The van der Waals surface area contributed by atoms with Crippen molar-refractivity contribution in [3.63, 3.8) is 0 Å². The number of nitrogens with one attached hydrogen (secondary N) is 1. The molecule has 1 aliphatic rings. The molecule has 0 aliphatic carbocycles. The fourth-order valence-electron chi connectivity index (χ4n) is 2.73. The van der Waals surface area contributed by atoms with E-state index in [0.29, 0.717) is 38.4 Å². The van der Waals surface area contributed by atoms with Gasteiger partial charge in [0.25, 0.3) is 0 Å². The highest BCUT2D eigenvalue weighted by atomic mass is 16.2. The highest BCUT2D eigenvalue weighted by Gasteiger charge is 2.24. The SMILES string of the molecule is Cn1nccc1NC(=O)N1CCN(C(=O)Cc2ccccc2)CC1. The second kappa shape index (κ2) is 7.16. The Morgan fingerprint density at radius 3 is 2.33 bits per heavy atom. The van der Waals surface area contributed by atoms with Gasteiger partial charge in [0.05, 0.1) is 12.6 Å². The minimum atomic E-state index is -0.159. The van der Waals surface area contributed by atoms with Gasteiger partial charge in [-0.05, 0) is 5.56 Å². The number of aromatic nitrogens is 2. The number of amides is 3. The van der Waals surface area contributed by atoms with Crippen LogP contribution in [0, 0.1) is 0 Å². The molecule has 0 atom stereocenters. The first kappa shape index (κ1) is 16.0. The third kappa shape index (κ3) is 3.73. The number of carbonyl (C=O) groups excluding carboxylic acids is 2. The van der Waals surface area contributed by atoms with Crippen LogP contribution in [0.25, 0.3) is 0 Å². The van der Waals surface area contributed by atoms with E-state index in [1.807, 2.05) is 35.2 Å². The number of aryl methyl sites for hydroxylation is 1. The molecule has 0 bridgehead atoms. The molecule has 1 saturated heterocycles. The largest absolute Gasteiger partial charge is 0.339 e. The van der Waals surface area contributed by atoms with Crippen molar-refractivity contribution in [2.24, 2.45) is 7.05 Å². The van der Waals surface area contributed by atoms with Gasteiger partial charge in [0, 0.05) is 39.3 Å². The number of urea groups is 1. The second-order valence-electron chi connectivity index (χ2n) is 5.80. The number of nitrogens with zero attached hydrogens (tertiary/aromatic N) is 4. The molecule has 2 heterocycles. The van der Waals surface area contributed by atoms with E-state index < -0.39 is 0 Å². The van der Waals surface area contributed by atoms with Crippen molar-refractivity contribution >= 4 is 17.8 Å². The van der Waals surface area contributed by atoms with E-state index in [1.165, 1.54) is 0 Å². The minimum absolute atomic E-state index is 0.105. The molecule has 1 fully saturated rings. The smallest absolute Gasteiger partial charge is 0.323 e. The highest BCUT2D eigenvalue weighted by molar-refractivity contribution is 5.88. The van der Waals surface area contributed by atoms with Crippen molar-refractivity contribution in [3.05, 3.63) is 48.2 Å². The fourth-order valence-corrected chi connectivity index (χ4v) is 2.73. The van der Waals surface area contributed by atoms with Crippen molar-refractivity contribution in [3.8, 4) is 0 Å². The van der Waals surface area contributed by atoms with Gasteiger partial charge in [-0.25, -0.2) is 4.79 Å². The molecule has 3 amide bonds. The summed E-state index contributed by atoms with van der Waals surface area (Å²) in [5.41, 5.74) is 1.01. The first-order chi connectivity index (χ1) is 11.6. The maximum Gasteiger partial charge on any atom is 0.323 e. The highest BCUT2D eigenvalue weighted by Crippen LogP contribution is 2.10. The zero-order chi connectivity index (χ0) is 16.9. The van der Waals surface area contributed by atoms with Gasteiger partial charge in [-0.1, -0.05) is 30.3 Å². The Kier molecular flexibility index (Phi) is 4.79. The number of carbonyl (C=O) groups is 2. The van der Waals surface area contributed by atoms with Gasteiger partial charge >= 0.3 is 6.03 Å². The molecule has 0 spiro atoms. The molecule has 3 rings (SSSR count). The summed E-state index contributed by atoms with van der Waals surface area (Å²) in [5.74, 6) is 0.760. The van der Waals surface area contributed by atoms with Gasteiger partial charge in [0.2, 0.25) is 5.91 Å². The summed E-state index contributed by atoms with van der Waals surface area (Å²) in [6, 6.07) is 11.3. The molecule has 1 aliphatic heterocycles. The Balaban J connectivity index is 1.49. The Morgan fingerprint density at radius 2 is 1.71 bits per heavy atom. The van der Waals surface area contributed by atoms with Crippen molar-refractivity contribution in [1.29, 1.82) is 0 Å². The lowest BCUT2D eigenvalue weighted by atomic mass is 10.1. The maximum absolute atomic E-state index is 12.3. The summed E-state index contributed by atoms with van der Waals surface area (Å²) >= 11 is 0. The van der Waals surface area contributed by atoms with Crippen LogP contribution in [0.5, 0.6) is 0 Å². The quantitative estimate of drug-likeness (QED) is 0.925. The van der Waals surface area contributed by atoms with Crippen molar-refractivity contribution in [2.75, 3.05) is 31.5 Å². The Morgan fingerprint density at radius 1 is 1.04 bits per heavy atom. The molecule has 24 heavy (non-hydrogen) atoms. The summed E-state index contributed by atoms with van der Waals surface area (Å²) < 4.78 is 1.61. The van der Waals surface area contributed by atoms with Crippen LogP contribution >= 0.6 is 0 Å². The van der Waals surface area contributed by atoms with Gasteiger partial charge in [0.15, 0.2) is 0 Å². The first-order valence-corrected chi connectivity index (χ1v) is 7.99. The van der Waals surface area contributed by atoms with Gasteiger partial charge < -0.3 is 9.80 Å². The first-order valence-electron chi connectivity index (χ1n) is 7.99. The molecule has 1 aromatic carbocycles. The summed E-state index contributed by atoms with van der Waals surface area (Å²) in [6.07, 6.45) is 2.04. The number of hydrogen-bond donors (Lipinski definition) is 1. The van der Waals surface area contributed by atoms with E-state index in [1.54, 1.807) is 28.9 Å². The van der Waals surface area contributed by atoms with Gasteiger partial charge in [-0.3, -0.25) is 14.8 Å². The van der Waals surface area contributed by atoms with E-state index in [-0.39, 0.29) is 11.9 Å². The van der Waals surface area contributed by atoms with E-state index >= 15 is 0 Å². The molecule has 7 heteroatoms. The molecule has 126 valence electrons. The van der Waals surface area contributed by atoms with E-state index in [9.17, 15) is 9.59 Å². The standard InChI is InChI=1S/C17H21N5O2/c1-20-15(7-8-18-20)19-17(24)22-11-9-21(10-12-22)16(23)13-14-5-3-2-4-6-14/h2-8H,9-13H2,1H3,(H,19,24). The van der Waals surface area contributed by atoms with Crippen molar-refractivity contribution in [2.45, 2.75) is 6.42 Å². The van der Waals surface area contributed by atoms with Crippen LogP contribution in [0.1, 0.15) is 5.56 Å². The summed E-state index contributed by atoms with van der Waals surface area (Å²) in [5, 5.41) is 6.85. The van der Waals surface area contributed by atoms with Crippen LogP contribution in [-0.4, -0.2) is 57.7 Å². The third-order valence-electron chi connectivity index (χ3n) is 4.17. The van der Waals surface area contributed by atoms with Gasteiger partial charge in [-0.15, -0.1) is 0 Å². The van der Waals surface area contributed by atoms with Crippen LogP contribution in [0.4, 0.5) is 10.6 Å². The number of rotatable bonds is 3. The predicted octanol–water partition coefficient (Wildman–Crippen LogP) is 1.34. The second-order valence-corrected chi connectivity index (χ2v) is 5.80. The Labute approximate surface area is 140 Å². The molecule has 0 unspecified atom stereocenters. The van der Waals surface area contributed by atoms with E-state index in [0.717, 1.165) is 5.56 Å². The molecule has 2 aromatic rings. The average Bonchev–Trinajstić information content (AvgIpc) is 3.00.